The number of hydrogen-bond acceptors (Lipinski definition) is 3. The number of likely N-dealkylation sites (N-methyl/N-ethyl adjacent to an activating group) is 1. The van der Waals surface area contributed by atoms with Gasteiger partial charge in [0.15, 0.2) is 0 Å². The molecule has 6 heteroatoms. The molecule has 110 valence electrons. The molecule has 0 aliphatic carbocycles. The van der Waals surface area contributed by atoms with Crippen LogP contribution >= 0.6 is 15.9 Å². The lowest BCUT2D eigenvalue weighted by molar-refractivity contribution is -0.134. The molecule has 1 aliphatic rings. The van der Waals surface area contributed by atoms with Gasteiger partial charge in [0.2, 0.25) is 11.8 Å². The SMILES string of the molecule is CN(C)C(=O)CN1CCN(C(=O)CCCCBr)CC1. The van der Waals surface area contributed by atoms with E-state index in [1.807, 2.05) is 4.90 Å². The minimum atomic E-state index is 0.122. The molecule has 0 N–H and O–H groups in total. The fourth-order valence-electron chi connectivity index (χ4n) is 2.02. The Labute approximate surface area is 124 Å². The third kappa shape index (κ3) is 5.91. The zero-order chi connectivity index (χ0) is 14.3. The van der Waals surface area contributed by atoms with Crippen molar-refractivity contribution >= 4 is 27.7 Å². The predicted molar refractivity (Wildman–Crippen MR) is 79.4 cm³/mol. The first-order valence-electron chi connectivity index (χ1n) is 6.81. The summed E-state index contributed by atoms with van der Waals surface area (Å²) in [6.45, 7) is 3.54. The molecule has 2 amide bonds. The van der Waals surface area contributed by atoms with Crippen molar-refractivity contribution in [3.8, 4) is 0 Å². The fourth-order valence-corrected chi connectivity index (χ4v) is 2.41. The van der Waals surface area contributed by atoms with E-state index in [9.17, 15) is 9.59 Å². The summed E-state index contributed by atoms with van der Waals surface area (Å²) in [5, 5.41) is 0.959. The number of rotatable bonds is 6. The summed E-state index contributed by atoms with van der Waals surface area (Å²) in [5.41, 5.74) is 0. The van der Waals surface area contributed by atoms with Crippen LogP contribution in [0.4, 0.5) is 0 Å². The van der Waals surface area contributed by atoms with Crippen molar-refractivity contribution in [3.63, 3.8) is 0 Å². The first kappa shape index (κ1) is 16.4. The van der Waals surface area contributed by atoms with E-state index in [1.54, 1.807) is 19.0 Å². The van der Waals surface area contributed by atoms with Crippen molar-refractivity contribution in [2.45, 2.75) is 19.3 Å². The van der Waals surface area contributed by atoms with Gasteiger partial charge < -0.3 is 9.80 Å². The van der Waals surface area contributed by atoms with Gasteiger partial charge in [-0.25, -0.2) is 0 Å². The molecule has 1 aliphatic heterocycles. The van der Waals surface area contributed by atoms with Gasteiger partial charge in [0, 0.05) is 52.0 Å². The number of carbonyl (C=O) groups is 2. The van der Waals surface area contributed by atoms with Crippen molar-refractivity contribution in [2.24, 2.45) is 0 Å². The average Bonchev–Trinajstić information content (AvgIpc) is 2.39. The largest absolute Gasteiger partial charge is 0.348 e. The van der Waals surface area contributed by atoms with E-state index in [0.29, 0.717) is 13.0 Å². The number of alkyl halides is 1. The lowest BCUT2D eigenvalue weighted by Gasteiger charge is -2.34. The molecule has 0 aromatic carbocycles. The topological polar surface area (TPSA) is 43.9 Å². The first-order valence-corrected chi connectivity index (χ1v) is 7.93. The van der Waals surface area contributed by atoms with Crippen LogP contribution in [0.5, 0.6) is 0 Å². The van der Waals surface area contributed by atoms with E-state index >= 15 is 0 Å². The van der Waals surface area contributed by atoms with Gasteiger partial charge in [-0.3, -0.25) is 14.5 Å². The van der Waals surface area contributed by atoms with E-state index in [1.165, 1.54) is 0 Å². The predicted octanol–water partition coefficient (Wildman–Crippen LogP) is 0.784. The van der Waals surface area contributed by atoms with E-state index in [4.69, 9.17) is 0 Å². The molecule has 1 saturated heterocycles. The molecule has 1 rings (SSSR count). The Morgan fingerprint density at radius 1 is 1.11 bits per heavy atom. The lowest BCUT2D eigenvalue weighted by atomic mass is 10.2. The van der Waals surface area contributed by atoms with Crippen LogP contribution in [0.1, 0.15) is 19.3 Å². The maximum absolute atomic E-state index is 11.9. The summed E-state index contributed by atoms with van der Waals surface area (Å²) in [6, 6.07) is 0. The molecule has 0 spiro atoms. The van der Waals surface area contributed by atoms with Crippen molar-refractivity contribution in [2.75, 3.05) is 52.1 Å². The molecular formula is C13H24BrN3O2. The summed E-state index contributed by atoms with van der Waals surface area (Å²) >= 11 is 3.37. The number of unbranched alkanes of at least 4 members (excludes halogenated alkanes) is 1. The smallest absolute Gasteiger partial charge is 0.236 e. The highest BCUT2D eigenvalue weighted by molar-refractivity contribution is 9.09. The van der Waals surface area contributed by atoms with Gasteiger partial charge in [0.05, 0.1) is 6.54 Å². The Morgan fingerprint density at radius 3 is 2.26 bits per heavy atom. The third-order valence-corrected chi connectivity index (χ3v) is 3.92. The number of amides is 2. The number of halogens is 1. The second-order valence-electron chi connectivity index (χ2n) is 5.09. The maximum Gasteiger partial charge on any atom is 0.236 e. The quantitative estimate of drug-likeness (QED) is 0.533. The van der Waals surface area contributed by atoms with Crippen LogP contribution in [0.3, 0.4) is 0 Å². The summed E-state index contributed by atoms with van der Waals surface area (Å²) in [6.07, 6.45) is 2.63. The fraction of sp³-hybridized carbons (Fsp3) is 0.846. The van der Waals surface area contributed by atoms with Crippen LogP contribution < -0.4 is 0 Å². The second-order valence-corrected chi connectivity index (χ2v) is 5.88. The summed E-state index contributed by atoms with van der Waals surface area (Å²) in [7, 11) is 3.54. The van der Waals surface area contributed by atoms with Crippen LogP contribution in [-0.4, -0.2) is 78.7 Å². The van der Waals surface area contributed by atoms with Crippen LogP contribution in [0.25, 0.3) is 0 Å². The Hall–Kier alpha value is -0.620. The summed E-state index contributed by atoms with van der Waals surface area (Å²) < 4.78 is 0. The van der Waals surface area contributed by atoms with E-state index in [0.717, 1.165) is 44.4 Å². The van der Waals surface area contributed by atoms with Gasteiger partial charge >= 0.3 is 0 Å². The average molecular weight is 334 g/mol. The maximum atomic E-state index is 11.9. The Bertz CT molecular complexity index is 302. The Balaban J connectivity index is 2.24. The van der Waals surface area contributed by atoms with Crippen molar-refractivity contribution in [1.82, 2.24) is 14.7 Å². The molecule has 0 atom stereocenters. The van der Waals surface area contributed by atoms with Gasteiger partial charge in [-0.2, -0.15) is 0 Å². The van der Waals surface area contributed by atoms with Gasteiger partial charge in [0.25, 0.3) is 0 Å². The molecule has 0 bridgehead atoms. The lowest BCUT2D eigenvalue weighted by Crippen LogP contribution is -2.51. The molecule has 0 aromatic rings. The first-order chi connectivity index (χ1) is 9.04. The van der Waals surface area contributed by atoms with Gasteiger partial charge in [-0.05, 0) is 12.8 Å². The van der Waals surface area contributed by atoms with Gasteiger partial charge in [-0.15, -0.1) is 0 Å². The van der Waals surface area contributed by atoms with Crippen molar-refractivity contribution in [1.29, 1.82) is 0 Å². The zero-order valence-corrected chi connectivity index (χ0v) is 13.5. The van der Waals surface area contributed by atoms with E-state index in [2.05, 4.69) is 20.8 Å². The number of nitrogens with zero attached hydrogens (tertiary/aromatic N) is 3. The Kier molecular flexibility index (Phi) is 7.38. The standard InChI is InChI=1S/C13H24BrN3O2/c1-15(2)13(19)11-16-7-9-17(10-8-16)12(18)5-3-4-6-14/h3-11H2,1-2H3. The number of carbonyl (C=O) groups excluding carboxylic acids is 2. The minimum absolute atomic E-state index is 0.122. The highest BCUT2D eigenvalue weighted by Crippen LogP contribution is 2.07. The van der Waals surface area contributed by atoms with Crippen LogP contribution in [0.2, 0.25) is 0 Å². The molecule has 5 nitrogen and oxygen atoms in total. The molecule has 1 heterocycles. The number of piperazine rings is 1. The number of hydrogen-bond donors (Lipinski definition) is 0. The summed E-state index contributed by atoms with van der Waals surface area (Å²) in [5.74, 6) is 0.372. The van der Waals surface area contributed by atoms with E-state index in [-0.39, 0.29) is 11.8 Å². The van der Waals surface area contributed by atoms with Crippen LogP contribution in [-0.2, 0) is 9.59 Å². The minimum Gasteiger partial charge on any atom is -0.348 e. The summed E-state index contributed by atoms with van der Waals surface area (Å²) in [4.78, 5) is 29.2. The zero-order valence-electron chi connectivity index (χ0n) is 11.9. The molecule has 19 heavy (non-hydrogen) atoms. The molecule has 0 unspecified atom stereocenters. The molecule has 1 fully saturated rings. The molecule has 0 saturated carbocycles. The molecule has 0 radical (unpaired) electrons. The van der Waals surface area contributed by atoms with Crippen molar-refractivity contribution < 1.29 is 9.59 Å². The highest BCUT2D eigenvalue weighted by Gasteiger charge is 2.22. The second kappa shape index (κ2) is 8.53. The van der Waals surface area contributed by atoms with Crippen LogP contribution in [0.15, 0.2) is 0 Å². The third-order valence-electron chi connectivity index (χ3n) is 3.36. The molecular weight excluding hydrogens is 310 g/mol. The monoisotopic (exact) mass is 333 g/mol. The molecule has 0 aromatic heterocycles. The van der Waals surface area contributed by atoms with Crippen LogP contribution in [0, 0.1) is 0 Å². The Morgan fingerprint density at radius 2 is 1.74 bits per heavy atom. The van der Waals surface area contributed by atoms with E-state index < -0.39 is 0 Å². The van der Waals surface area contributed by atoms with Gasteiger partial charge in [0.1, 0.15) is 0 Å². The van der Waals surface area contributed by atoms with Gasteiger partial charge in [-0.1, -0.05) is 15.9 Å². The van der Waals surface area contributed by atoms with Crippen molar-refractivity contribution in [3.05, 3.63) is 0 Å². The highest BCUT2D eigenvalue weighted by atomic mass is 79.9. The normalized spacial score (nSPS) is 16.5.